The average Bonchev–Trinajstić information content (AvgIpc) is 3.03. The normalized spacial score (nSPS) is 22.6. The second kappa shape index (κ2) is 5.08. The average molecular weight is 310 g/mol. The van der Waals surface area contributed by atoms with Gasteiger partial charge in [0.1, 0.15) is 0 Å². The van der Waals surface area contributed by atoms with Crippen molar-refractivity contribution in [1.82, 2.24) is 4.31 Å². The van der Waals surface area contributed by atoms with Crippen LogP contribution in [0, 0.1) is 0 Å². The Morgan fingerprint density at radius 3 is 2.71 bits per heavy atom. The molecule has 3 rings (SSSR count). The third-order valence-electron chi connectivity index (χ3n) is 4.10. The number of hydrogen-bond acceptors (Lipinski definition) is 4. The zero-order valence-corrected chi connectivity index (χ0v) is 12.6. The van der Waals surface area contributed by atoms with Gasteiger partial charge < -0.3 is 10.0 Å². The number of carbonyl (C=O) groups excluding carboxylic acids is 1. The smallest absolute Gasteiger partial charge is 0.243 e. The van der Waals surface area contributed by atoms with Crippen molar-refractivity contribution in [3.63, 3.8) is 0 Å². The summed E-state index contributed by atoms with van der Waals surface area (Å²) < 4.78 is 26.4. The van der Waals surface area contributed by atoms with Crippen molar-refractivity contribution >= 4 is 21.6 Å². The van der Waals surface area contributed by atoms with Gasteiger partial charge in [0.2, 0.25) is 15.9 Å². The van der Waals surface area contributed by atoms with E-state index in [9.17, 15) is 18.3 Å². The third kappa shape index (κ3) is 2.45. The van der Waals surface area contributed by atoms with Crippen molar-refractivity contribution in [3.8, 4) is 0 Å². The fourth-order valence-corrected chi connectivity index (χ4v) is 4.44. The highest BCUT2D eigenvalue weighted by Gasteiger charge is 2.33. The molecule has 7 heteroatoms. The van der Waals surface area contributed by atoms with E-state index in [-0.39, 0.29) is 17.3 Å². The summed E-state index contributed by atoms with van der Waals surface area (Å²) >= 11 is 0. The van der Waals surface area contributed by atoms with Crippen LogP contribution in [0.25, 0.3) is 0 Å². The zero-order chi connectivity index (χ0) is 15.2. The van der Waals surface area contributed by atoms with Crippen LogP contribution in [0.5, 0.6) is 0 Å². The van der Waals surface area contributed by atoms with Crippen LogP contribution in [0.3, 0.4) is 0 Å². The molecule has 1 amide bonds. The topological polar surface area (TPSA) is 77.9 Å². The van der Waals surface area contributed by atoms with Gasteiger partial charge in [0.25, 0.3) is 0 Å². The largest absolute Gasteiger partial charge is 0.392 e. The second-order valence-corrected chi connectivity index (χ2v) is 7.45. The summed E-state index contributed by atoms with van der Waals surface area (Å²) in [6.07, 6.45) is 0.615. The molecule has 1 aromatic carbocycles. The lowest BCUT2D eigenvalue weighted by Gasteiger charge is -2.18. The van der Waals surface area contributed by atoms with Crippen LogP contribution in [-0.2, 0) is 21.2 Å². The number of aliphatic hydroxyl groups excluding tert-OH is 1. The molecule has 0 saturated carbocycles. The maximum Gasteiger partial charge on any atom is 0.243 e. The Morgan fingerprint density at radius 1 is 1.33 bits per heavy atom. The van der Waals surface area contributed by atoms with Gasteiger partial charge in [-0.2, -0.15) is 4.31 Å². The molecular weight excluding hydrogens is 292 g/mol. The van der Waals surface area contributed by atoms with Crippen LogP contribution in [0.4, 0.5) is 5.69 Å². The summed E-state index contributed by atoms with van der Waals surface area (Å²) in [6, 6.07) is 4.93. The predicted octanol–water partition coefficient (Wildman–Crippen LogP) is 0.351. The first-order chi connectivity index (χ1) is 9.89. The number of amides is 1. The summed E-state index contributed by atoms with van der Waals surface area (Å²) in [6.45, 7) is 2.54. The van der Waals surface area contributed by atoms with E-state index >= 15 is 0 Å². The monoisotopic (exact) mass is 310 g/mol. The summed E-state index contributed by atoms with van der Waals surface area (Å²) in [5, 5.41) is 9.52. The van der Waals surface area contributed by atoms with Gasteiger partial charge in [0, 0.05) is 32.2 Å². The van der Waals surface area contributed by atoms with Gasteiger partial charge in [0.05, 0.1) is 11.0 Å². The van der Waals surface area contributed by atoms with Crippen molar-refractivity contribution in [1.29, 1.82) is 0 Å². The standard InChI is InChI=1S/C14H18N2O4S/c1-10(17)16-7-4-11-2-3-13(8-14(11)16)21(19,20)15-6-5-12(18)9-15/h2-3,8,12,18H,4-7,9H2,1H3. The number of nitrogens with zero attached hydrogens (tertiary/aromatic N) is 2. The maximum atomic E-state index is 12.6. The van der Waals surface area contributed by atoms with E-state index in [1.807, 2.05) is 0 Å². The van der Waals surface area contributed by atoms with E-state index in [0.717, 1.165) is 12.0 Å². The molecule has 1 atom stereocenters. The minimum atomic E-state index is -3.61. The molecule has 1 saturated heterocycles. The predicted molar refractivity (Wildman–Crippen MR) is 77.6 cm³/mol. The molecule has 114 valence electrons. The quantitative estimate of drug-likeness (QED) is 0.855. The van der Waals surface area contributed by atoms with Crippen LogP contribution in [0.15, 0.2) is 23.1 Å². The summed E-state index contributed by atoms with van der Waals surface area (Å²) in [5.74, 6) is -0.0834. The molecular formula is C14H18N2O4S. The highest BCUT2D eigenvalue weighted by molar-refractivity contribution is 7.89. The number of hydrogen-bond donors (Lipinski definition) is 1. The molecule has 1 unspecified atom stereocenters. The van der Waals surface area contributed by atoms with E-state index in [2.05, 4.69) is 0 Å². The fraction of sp³-hybridized carbons (Fsp3) is 0.500. The molecule has 2 aliphatic rings. The van der Waals surface area contributed by atoms with Gasteiger partial charge in [-0.3, -0.25) is 4.79 Å². The van der Waals surface area contributed by atoms with Crippen molar-refractivity contribution in [2.45, 2.75) is 30.8 Å². The molecule has 1 N–H and O–H groups in total. The molecule has 2 aliphatic heterocycles. The lowest BCUT2D eigenvalue weighted by atomic mass is 10.2. The van der Waals surface area contributed by atoms with Gasteiger partial charge in [-0.25, -0.2) is 8.42 Å². The van der Waals surface area contributed by atoms with Crippen LogP contribution >= 0.6 is 0 Å². The Labute approximate surface area is 124 Å². The molecule has 21 heavy (non-hydrogen) atoms. The molecule has 0 radical (unpaired) electrons. The summed E-state index contributed by atoms with van der Waals surface area (Å²) in [5.41, 5.74) is 1.67. The minimum absolute atomic E-state index is 0.0834. The number of aliphatic hydroxyl groups is 1. The third-order valence-corrected chi connectivity index (χ3v) is 5.96. The van der Waals surface area contributed by atoms with Crippen LogP contribution in [0.1, 0.15) is 18.9 Å². The first kappa shape index (κ1) is 14.5. The number of fused-ring (bicyclic) bond motifs is 1. The number of carbonyl (C=O) groups is 1. The fourth-order valence-electron chi connectivity index (χ4n) is 2.92. The van der Waals surface area contributed by atoms with Gasteiger partial charge in [0.15, 0.2) is 0 Å². The molecule has 6 nitrogen and oxygen atoms in total. The van der Waals surface area contributed by atoms with Crippen molar-refractivity contribution in [2.75, 3.05) is 24.5 Å². The van der Waals surface area contributed by atoms with Crippen LogP contribution < -0.4 is 4.90 Å². The maximum absolute atomic E-state index is 12.6. The molecule has 0 aliphatic carbocycles. The molecule has 0 aromatic heterocycles. The second-order valence-electron chi connectivity index (χ2n) is 5.52. The van der Waals surface area contributed by atoms with E-state index in [1.165, 1.54) is 11.2 Å². The number of sulfonamides is 1. The first-order valence-electron chi connectivity index (χ1n) is 6.99. The van der Waals surface area contributed by atoms with E-state index in [0.29, 0.717) is 25.2 Å². The Hall–Kier alpha value is -1.44. The van der Waals surface area contributed by atoms with Gasteiger partial charge in [-0.15, -0.1) is 0 Å². The Morgan fingerprint density at radius 2 is 2.10 bits per heavy atom. The lowest BCUT2D eigenvalue weighted by molar-refractivity contribution is -0.116. The zero-order valence-electron chi connectivity index (χ0n) is 11.8. The van der Waals surface area contributed by atoms with E-state index < -0.39 is 16.1 Å². The van der Waals surface area contributed by atoms with Crippen LogP contribution in [0.2, 0.25) is 0 Å². The van der Waals surface area contributed by atoms with E-state index in [1.54, 1.807) is 23.1 Å². The highest BCUT2D eigenvalue weighted by Crippen LogP contribution is 2.32. The molecule has 0 bridgehead atoms. The number of anilines is 1. The SMILES string of the molecule is CC(=O)N1CCc2ccc(S(=O)(=O)N3CCC(O)C3)cc21. The first-order valence-corrected chi connectivity index (χ1v) is 8.43. The van der Waals surface area contributed by atoms with Crippen LogP contribution in [-0.4, -0.2) is 49.5 Å². The Balaban J connectivity index is 1.97. The van der Waals surface area contributed by atoms with Gasteiger partial charge >= 0.3 is 0 Å². The van der Waals surface area contributed by atoms with Crippen molar-refractivity contribution in [3.05, 3.63) is 23.8 Å². The Kier molecular flexibility index (Phi) is 3.51. The Bertz CT molecular complexity index is 686. The molecule has 2 heterocycles. The van der Waals surface area contributed by atoms with Gasteiger partial charge in [-0.05, 0) is 30.5 Å². The van der Waals surface area contributed by atoms with Crippen molar-refractivity contribution < 1.29 is 18.3 Å². The lowest BCUT2D eigenvalue weighted by Crippen LogP contribution is -2.30. The number of rotatable bonds is 2. The molecule has 1 fully saturated rings. The number of β-amino-alcohol motifs (C(OH)–C–C–N with tert-alkyl or cyclic N) is 1. The number of benzene rings is 1. The minimum Gasteiger partial charge on any atom is -0.392 e. The highest BCUT2D eigenvalue weighted by atomic mass is 32.2. The molecule has 0 spiro atoms. The van der Waals surface area contributed by atoms with Crippen molar-refractivity contribution in [2.24, 2.45) is 0 Å². The summed E-state index contributed by atoms with van der Waals surface area (Å²) in [4.78, 5) is 13.4. The van der Waals surface area contributed by atoms with Gasteiger partial charge in [-0.1, -0.05) is 6.07 Å². The van der Waals surface area contributed by atoms with E-state index in [4.69, 9.17) is 0 Å². The summed E-state index contributed by atoms with van der Waals surface area (Å²) in [7, 11) is -3.61. The molecule has 1 aromatic rings.